The molecule has 0 bridgehead atoms. The molecular formula is C28H22BrN3O6S. The highest BCUT2D eigenvalue weighted by Crippen LogP contribution is 2.32. The van der Waals surface area contributed by atoms with Crippen LogP contribution in [0.3, 0.4) is 0 Å². The first-order valence-electron chi connectivity index (χ1n) is 12.0. The Morgan fingerprint density at radius 2 is 1.95 bits per heavy atom. The van der Waals surface area contributed by atoms with Crippen LogP contribution in [-0.2, 0) is 9.53 Å². The Hall–Kier alpha value is -4.09. The summed E-state index contributed by atoms with van der Waals surface area (Å²) >= 11 is 4.64. The summed E-state index contributed by atoms with van der Waals surface area (Å²) in [4.78, 5) is 42.4. The first-order valence-corrected chi connectivity index (χ1v) is 13.6. The van der Waals surface area contributed by atoms with Gasteiger partial charge in [0.1, 0.15) is 11.5 Å². The Morgan fingerprint density at radius 3 is 2.62 bits per heavy atom. The summed E-state index contributed by atoms with van der Waals surface area (Å²) in [6.45, 7) is 5.43. The number of thiazole rings is 1. The third kappa shape index (κ3) is 5.02. The van der Waals surface area contributed by atoms with Crippen molar-refractivity contribution in [1.82, 2.24) is 4.57 Å². The molecule has 2 aromatic heterocycles. The number of furan rings is 1. The summed E-state index contributed by atoms with van der Waals surface area (Å²) in [5.74, 6) is 0.444. The van der Waals surface area contributed by atoms with Gasteiger partial charge in [-0.2, -0.15) is 0 Å². The summed E-state index contributed by atoms with van der Waals surface area (Å²) < 4.78 is 14.1. The van der Waals surface area contributed by atoms with E-state index < -0.39 is 16.9 Å². The zero-order chi connectivity index (χ0) is 27.8. The normalized spacial score (nSPS) is 15.2. The fourth-order valence-electron chi connectivity index (χ4n) is 4.49. The van der Waals surface area contributed by atoms with Gasteiger partial charge >= 0.3 is 5.97 Å². The molecule has 0 fully saturated rings. The number of hydrogen-bond acceptors (Lipinski definition) is 8. The van der Waals surface area contributed by atoms with Gasteiger partial charge in [0.25, 0.3) is 11.2 Å². The van der Waals surface area contributed by atoms with Crippen molar-refractivity contribution in [2.75, 3.05) is 6.61 Å². The molecule has 1 atom stereocenters. The summed E-state index contributed by atoms with van der Waals surface area (Å²) in [5, 5.41) is 11.1. The average Bonchev–Trinajstić information content (AvgIpc) is 3.48. The molecule has 9 nitrogen and oxygen atoms in total. The number of allylic oxidation sites excluding steroid dienone is 1. The summed E-state index contributed by atoms with van der Waals surface area (Å²) in [6, 6.07) is 14.8. The molecule has 11 heteroatoms. The minimum atomic E-state index is -0.703. The largest absolute Gasteiger partial charge is 0.463 e. The van der Waals surface area contributed by atoms with E-state index in [9.17, 15) is 19.7 Å². The van der Waals surface area contributed by atoms with Crippen molar-refractivity contribution in [2.24, 2.45) is 4.99 Å². The number of ether oxygens (including phenoxy) is 1. The number of nitrogens with zero attached hydrogens (tertiary/aromatic N) is 3. The van der Waals surface area contributed by atoms with Crippen molar-refractivity contribution >= 4 is 45.0 Å². The van der Waals surface area contributed by atoms with Crippen LogP contribution in [0.15, 0.2) is 84.5 Å². The predicted octanol–water partition coefficient (Wildman–Crippen LogP) is 5.04. The van der Waals surface area contributed by atoms with Crippen LogP contribution in [0.2, 0.25) is 0 Å². The van der Waals surface area contributed by atoms with Crippen molar-refractivity contribution in [3.05, 3.63) is 117 Å². The molecule has 0 saturated carbocycles. The van der Waals surface area contributed by atoms with Crippen LogP contribution >= 0.6 is 27.3 Å². The molecule has 1 aliphatic heterocycles. The number of aryl methyl sites for hydroxylation is 1. The number of non-ortho nitro benzene ring substituents is 1. The van der Waals surface area contributed by atoms with Crippen molar-refractivity contribution in [3.8, 4) is 11.3 Å². The molecule has 1 aliphatic rings. The fraction of sp³-hybridized carbons (Fsp3) is 0.179. The molecular weight excluding hydrogens is 586 g/mol. The number of hydrogen-bond donors (Lipinski definition) is 0. The standard InChI is InChI=1S/C28H22BrN3O6S/c1-4-37-27(34)24-16(3)30-28-31(25(24)17-5-7-18(29)8-6-17)26(33)23(39-28)14-20-10-12-22(38-20)21-11-9-19(32(35)36)13-15(21)2/h5-14,25H,4H2,1-3H3/b23-14-/t25-/m1/s1. The van der Waals surface area contributed by atoms with E-state index in [0.717, 1.165) is 10.0 Å². The highest BCUT2D eigenvalue weighted by molar-refractivity contribution is 9.10. The van der Waals surface area contributed by atoms with Crippen LogP contribution in [0, 0.1) is 17.0 Å². The van der Waals surface area contributed by atoms with E-state index in [2.05, 4.69) is 20.9 Å². The second-order valence-corrected chi connectivity index (χ2v) is 10.7. The predicted molar refractivity (Wildman–Crippen MR) is 150 cm³/mol. The highest BCUT2D eigenvalue weighted by atomic mass is 79.9. The average molecular weight is 608 g/mol. The monoisotopic (exact) mass is 607 g/mol. The SMILES string of the molecule is CCOC(=O)C1=C(C)N=c2s/c(=C\c3ccc(-c4ccc([N+](=O)[O-])cc4C)o3)c(=O)n2[C@@H]1c1ccc(Br)cc1. The Balaban J connectivity index is 1.60. The number of carbonyl (C=O) groups is 1. The zero-order valence-corrected chi connectivity index (χ0v) is 23.5. The van der Waals surface area contributed by atoms with Crippen LogP contribution in [0.1, 0.15) is 36.8 Å². The van der Waals surface area contributed by atoms with Gasteiger partial charge in [-0.1, -0.05) is 39.4 Å². The van der Waals surface area contributed by atoms with Gasteiger partial charge in [0, 0.05) is 28.2 Å². The number of nitro groups is 1. The van der Waals surface area contributed by atoms with Crippen LogP contribution in [-0.4, -0.2) is 22.1 Å². The Morgan fingerprint density at radius 1 is 1.21 bits per heavy atom. The van der Waals surface area contributed by atoms with Crippen molar-refractivity contribution in [3.63, 3.8) is 0 Å². The first kappa shape index (κ1) is 26.5. The maximum absolute atomic E-state index is 13.7. The van der Waals surface area contributed by atoms with Crippen molar-refractivity contribution < 1.29 is 18.9 Å². The van der Waals surface area contributed by atoms with Crippen molar-refractivity contribution in [2.45, 2.75) is 26.8 Å². The number of halogens is 1. The molecule has 0 saturated heterocycles. The Labute approximate surface area is 234 Å². The smallest absolute Gasteiger partial charge is 0.338 e. The van der Waals surface area contributed by atoms with Crippen molar-refractivity contribution in [1.29, 1.82) is 0 Å². The molecule has 0 amide bonds. The summed E-state index contributed by atoms with van der Waals surface area (Å²) in [5.41, 5.74) is 2.65. The fourth-order valence-corrected chi connectivity index (χ4v) is 5.79. The van der Waals surface area contributed by atoms with E-state index in [0.29, 0.717) is 43.3 Å². The van der Waals surface area contributed by atoms with E-state index in [1.54, 1.807) is 45.0 Å². The lowest BCUT2D eigenvalue weighted by Crippen LogP contribution is -2.39. The number of carbonyl (C=O) groups excluding carboxylic acids is 1. The van der Waals surface area contributed by atoms with E-state index in [1.165, 1.54) is 28.0 Å². The second-order valence-electron chi connectivity index (χ2n) is 8.81. The van der Waals surface area contributed by atoms with Gasteiger partial charge in [-0.05, 0) is 62.2 Å². The third-order valence-corrected chi connectivity index (χ3v) is 7.80. The molecule has 198 valence electrons. The van der Waals surface area contributed by atoms with E-state index in [4.69, 9.17) is 9.15 Å². The van der Waals surface area contributed by atoms with Gasteiger partial charge in [-0.3, -0.25) is 19.5 Å². The quantitative estimate of drug-likeness (QED) is 0.172. The molecule has 39 heavy (non-hydrogen) atoms. The molecule has 0 radical (unpaired) electrons. The molecule has 3 heterocycles. The minimum Gasteiger partial charge on any atom is -0.463 e. The number of nitro benzene ring substituents is 1. The zero-order valence-electron chi connectivity index (χ0n) is 21.1. The van der Waals surface area contributed by atoms with Gasteiger partial charge in [0.15, 0.2) is 4.80 Å². The topological polar surface area (TPSA) is 117 Å². The van der Waals surface area contributed by atoms with E-state index in [1.807, 2.05) is 24.3 Å². The third-order valence-electron chi connectivity index (χ3n) is 6.29. The molecule has 2 aromatic carbocycles. The first-order chi connectivity index (χ1) is 18.7. The van der Waals surface area contributed by atoms with Gasteiger partial charge < -0.3 is 9.15 Å². The number of rotatable bonds is 6. The van der Waals surface area contributed by atoms with Gasteiger partial charge in [-0.25, -0.2) is 9.79 Å². The molecule has 5 rings (SSSR count). The van der Waals surface area contributed by atoms with Gasteiger partial charge in [0.05, 0.1) is 33.4 Å². The highest BCUT2D eigenvalue weighted by Gasteiger charge is 2.33. The molecule has 0 aliphatic carbocycles. The minimum absolute atomic E-state index is 0.00180. The molecule has 0 unspecified atom stereocenters. The Bertz CT molecular complexity index is 1830. The van der Waals surface area contributed by atoms with Crippen LogP contribution in [0.25, 0.3) is 17.4 Å². The van der Waals surface area contributed by atoms with Crippen LogP contribution < -0.4 is 14.9 Å². The maximum atomic E-state index is 13.7. The number of fused-ring (bicyclic) bond motifs is 1. The number of aromatic nitrogens is 1. The van der Waals surface area contributed by atoms with Gasteiger partial charge in [0.2, 0.25) is 0 Å². The van der Waals surface area contributed by atoms with E-state index >= 15 is 0 Å². The molecule has 0 spiro atoms. The second kappa shape index (κ2) is 10.6. The lowest BCUT2D eigenvalue weighted by Gasteiger charge is -2.24. The van der Waals surface area contributed by atoms with Gasteiger partial charge in [-0.15, -0.1) is 0 Å². The number of esters is 1. The van der Waals surface area contributed by atoms with Crippen LogP contribution in [0.5, 0.6) is 0 Å². The molecule has 0 N–H and O–H groups in total. The lowest BCUT2D eigenvalue weighted by atomic mass is 9.96. The summed E-state index contributed by atoms with van der Waals surface area (Å²) in [6.07, 6.45) is 1.63. The number of benzene rings is 2. The van der Waals surface area contributed by atoms with Crippen LogP contribution in [0.4, 0.5) is 5.69 Å². The lowest BCUT2D eigenvalue weighted by molar-refractivity contribution is -0.384. The summed E-state index contributed by atoms with van der Waals surface area (Å²) in [7, 11) is 0. The maximum Gasteiger partial charge on any atom is 0.338 e. The van der Waals surface area contributed by atoms with E-state index in [-0.39, 0.29) is 17.9 Å². The Kier molecular flexibility index (Phi) is 7.19. The molecule has 4 aromatic rings.